The molecule has 0 saturated carbocycles. The average Bonchev–Trinajstić information content (AvgIpc) is 3.18. The molecule has 7 nitrogen and oxygen atoms in total. The molecule has 0 radical (unpaired) electrons. The van der Waals surface area contributed by atoms with Crippen molar-refractivity contribution >= 4 is 23.4 Å². The number of ether oxygens (including phenoxy) is 2. The van der Waals surface area contributed by atoms with Gasteiger partial charge in [0.25, 0.3) is 0 Å². The van der Waals surface area contributed by atoms with Crippen LogP contribution in [0.5, 0.6) is 11.5 Å². The highest BCUT2D eigenvalue weighted by molar-refractivity contribution is 7.99. The maximum Gasteiger partial charge on any atom is 0.234 e. The van der Waals surface area contributed by atoms with Gasteiger partial charge in [0.05, 0.1) is 12.9 Å². The minimum atomic E-state index is -0.119. The number of amides is 1. The summed E-state index contributed by atoms with van der Waals surface area (Å²) in [4.78, 5) is 12.3. The van der Waals surface area contributed by atoms with Crippen molar-refractivity contribution in [1.29, 1.82) is 0 Å². The Morgan fingerprint density at radius 3 is 2.58 bits per heavy atom. The van der Waals surface area contributed by atoms with Gasteiger partial charge in [-0.2, -0.15) is 0 Å². The summed E-state index contributed by atoms with van der Waals surface area (Å²) < 4.78 is 13.0. The fourth-order valence-corrected chi connectivity index (χ4v) is 3.80. The lowest BCUT2D eigenvalue weighted by molar-refractivity contribution is -0.113. The molecule has 0 fully saturated rings. The lowest BCUT2D eigenvalue weighted by Gasteiger charge is -2.10. The second kappa shape index (κ2) is 10.9. The van der Waals surface area contributed by atoms with Gasteiger partial charge in [-0.3, -0.25) is 4.79 Å². The van der Waals surface area contributed by atoms with E-state index in [1.165, 1.54) is 17.3 Å². The molecule has 1 N–H and O–H groups in total. The van der Waals surface area contributed by atoms with Gasteiger partial charge in [-0.25, -0.2) is 0 Å². The number of hydrogen-bond donors (Lipinski definition) is 1. The number of anilines is 1. The summed E-state index contributed by atoms with van der Waals surface area (Å²) in [5.74, 6) is 2.81. The zero-order valence-corrected chi connectivity index (χ0v) is 19.1. The fraction of sp³-hybridized carbons (Fsp3) is 0.348. The molecule has 0 aliphatic carbocycles. The molecule has 0 aliphatic heterocycles. The molecule has 0 atom stereocenters. The van der Waals surface area contributed by atoms with Crippen LogP contribution in [-0.4, -0.2) is 33.5 Å². The minimum absolute atomic E-state index is 0.119. The van der Waals surface area contributed by atoms with Gasteiger partial charge in [0.1, 0.15) is 18.1 Å². The first kappa shape index (κ1) is 22.7. The molecule has 3 aromatic rings. The Morgan fingerprint density at radius 1 is 1.13 bits per heavy atom. The van der Waals surface area contributed by atoms with Crippen molar-refractivity contribution < 1.29 is 14.3 Å². The number of nitrogens with one attached hydrogen (secondary N) is 1. The Morgan fingerprint density at radius 2 is 1.90 bits per heavy atom. The summed E-state index contributed by atoms with van der Waals surface area (Å²) in [7, 11) is 1.59. The van der Waals surface area contributed by atoms with Crippen molar-refractivity contribution in [3.05, 3.63) is 59.9 Å². The van der Waals surface area contributed by atoms with Gasteiger partial charge in [-0.1, -0.05) is 43.8 Å². The van der Waals surface area contributed by atoms with E-state index in [4.69, 9.17) is 9.47 Å². The van der Waals surface area contributed by atoms with E-state index in [1.54, 1.807) is 13.2 Å². The number of benzene rings is 2. The molecule has 31 heavy (non-hydrogen) atoms. The molecule has 1 heterocycles. The third-order valence-corrected chi connectivity index (χ3v) is 5.68. The van der Waals surface area contributed by atoms with Crippen molar-refractivity contribution in [1.82, 2.24) is 14.8 Å². The van der Waals surface area contributed by atoms with E-state index >= 15 is 0 Å². The van der Waals surface area contributed by atoms with Crippen LogP contribution in [0.15, 0.2) is 53.7 Å². The van der Waals surface area contributed by atoms with Crippen molar-refractivity contribution in [2.75, 3.05) is 18.2 Å². The van der Waals surface area contributed by atoms with E-state index in [0.717, 1.165) is 11.6 Å². The first-order chi connectivity index (χ1) is 15.0. The SMILES string of the molecule is CCn1c(COc2ccc(C(C)C)cc2)nnc1SCC(=O)Nc1cccc(OC)c1. The van der Waals surface area contributed by atoms with Crippen LogP contribution in [0, 0.1) is 0 Å². The van der Waals surface area contributed by atoms with Gasteiger partial charge in [0.15, 0.2) is 11.0 Å². The van der Waals surface area contributed by atoms with E-state index in [9.17, 15) is 4.79 Å². The van der Waals surface area contributed by atoms with Crippen LogP contribution in [-0.2, 0) is 17.9 Å². The number of thioether (sulfide) groups is 1. The molecule has 1 aromatic heterocycles. The Hall–Kier alpha value is -3.00. The highest BCUT2D eigenvalue weighted by Crippen LogP contribution is 2.22. The van der Waals surface area contributed by atoms with Gasteiger partial charge < -0.3 is 19.4 Å². The smallest absolute Gasteiger partial charge is 0.234 e. The van der Waals surface area contributed by atoms with Crippen molar-refractivity contribution in [3.8, 4) is 11.5 Å². The van der Waals surface area contributed by atoms with E-state index in [1.807, 2.05) is 41.8 Å². The lowest BCUT2D eigenvalue weighted by atomic mass is 10.0. The molecule has 0 saturated heterocycles. The summed E-state index contributed by atoms with van der Waals surface area (Å²) in [6.45, 7) is 7.35. The molecule has 1 amide bonds. The number of carbonyl (C=O) groups excluding carboxylic acids is 1. The largest absolute Gasteiger partial charge is 0.497 e. The average molecular weight is 441 g/mol. The summed E-state index contributed by atoms with van der Waals surface area (Å²) in [6.07, 6.45) is 0. The first-order valence-corrected chi connectivity index (χ1v) is 11.2. The number of methoxy groups -OCH3 is 1. The number of aromatic nitrogens is 3. The molecular weight excluding hydrogens is 412 g/mol. The zero-order chi connectivity index (χ0) is 22.2. The van der Waals surface area contributed by atoms with E-state index in [-0.39, 0.29) is 11.7 Å². The minimum Gasteiger partial charge on any atom is -0.497 e. The number of nitrogens with zero attached hydrogens (tertiary/aromatic N) is 3. The Labute approximate surface area is 187 Å². The van der Waals surface area contributed by atoms with Crippen LogP contribution >= 0.6 is 11.8 Å². The summed E-state index contributed by atoms with van der Waals surface area (Å²) in [6, 6.07) is 15.4. The standard InChI is InChI=1S/C23H28N4O3S/c1-5-27-21(14-30-19-11-9-17(10-12-19)16(2)3)25-26-23(27)31-15-22(28)24-18-7-6-8-20(13-18)29-4/h6-13,16H,5,14-15H2,1-4H3,(H,24,28). The Balaban J connectivity index is 1.56. The number of hydrogen-bond acceptors (Lipinski definition) is 6. The van der Waals surface area contributed by atoms with Crippen LogP contribution in [0.3, 0.4) is 0 Å². The predicted molar refractivity (Wildman–Crippen MR) is 123 cm³/mol. The lowest BCUT2D eigenvalue weighted by Crippen LogP contribution is -2.15. The quantitative estimate of drug-likeness (QED) is 0.459. The normalized spacial score (nSPS) is 10.9. The van der Waals surface area contributed by atoms with Crippen LogP contribution in [0.1, 0.15) is 38.1 Å². The van der Waals surface area contributed by atoms with Crippen molar-refractivity contribution in [2.45, 2.75) is 45.0 Å². The van der Waals surface area contributed by atoms with Crippen LogP contribution in [0.2, 0.25) is 0 Å². The van der Waals surface area contributed by atoms with Gasteiger partial charge in [0, 0.05) is 18.3 Å². The maximum atomic E-state index is 12.3. The fourth-order valence-electron chi connectivity index (χ4n) is 2.98. The number of carbonyl (C=O) groups is 1. The second-order valence-electron chi connectivity index (χ2n) is 7.22. The molecule has 8 heteroatoms. The summed E-state index contributed by atoms with van der Waals surface area (Å²) >= 11 is 1.35. The molecule has 0 spiro atoms. The van der Waals surface area contributed by atoms with E-state index in [0.29, 0.717) is 35.7 Å². The first-order valence-electron chi connectivity index (χ1n) is 10.2. The molecule has 2 aromatic carbocycles. The molecule has 3 rings (SSSR count). The number of rotatable bonds is 10. The summed E-state index contributed by atoms with van der Waals surface area (Å²) in [5.41, 5.74) is 1.97. The molecule has 0 aliphatic rings. The van der Waals surface area contributed by atoms with Gasteiger partial charge in [-0.15, -0.1) is 10.2 Å². The van der Waals surface area contributed by atoms with Crippen molar-refractivity contribution in [3.63, 3.8) is 0 Å². The van der Waals surface area contributed by atoms with Gasteiger partial charge in [-0.05, 0) is 42.7 Å². The Bertz CT molecular complexity index is 1000. The maximum absolute atomic E-state index is 12.3. The Kier molecular flexibility index (Phi) is 7.94. The van der Waals surface area contributed by atoms with Gasteiger partial charge >= 0.3 is 0 Å². The topological polar surface area (TPSA) is 78.3 Å². The summed E-state index contributed by atoms with van der Waals surface area (Å²) in [5, 5.41) is 12.1. The third kappa shape index (κ3) is 6.24. The van der Waals surface area contributed by atoms with E-state index < -0.39 is 0 Å². The highest BCUT2D eigenvalue weighted by atomic mass is 32.2. The monoisotopic (exact) mass is 440 g/mol. The highest BCUT2D eigenvalue weighted by Gasteiger charge is 2.14. The van der Waals surface area contributed by atoms with Crippen LogP contribution in [0.25, 0.3) is 0 Å². The van der Waals surface area contributed by atoms with Gasteiger partial charge in [0.2, 0.25) is 5.91 Å². The zero-order valence-electron chi connectivity index (χ0n) is 18.3. The predicted octanol–water partition coefficient (Wildman–Crippen LogP) is 4.74. The molecular formula is C23H28N4O3S. The third-order valence-electron chi connectivity index (χ3n) is 4.71. The molecule has 0 bridgehead atoms. The second-order valence-corrected chi connectivity index (χ2v) is 8.17. The van der Waals surface area contributed by atoms with Crippen molar-refractivity contribution in [2.24, 2.45) is 0 Å². The van der Waals surface area contributed by atoms with Crippen LogP contribution in [0.4, 0.5) is 5.69 Å². The molecule has 164 valence electrons. The molecule has 0 unspecified atom stereocenters. The van der Waals surface area contributed by atoms with E-state index in [2.05, 4.69) is 41.5 Å². The van der Waals surface area contributed by atoms with Crippen LogP contribution < -0.4 is 14.8 Å².